The van der Waals surface area contributed by atoms with Crippen LogP contribution in [0.15, 0.2) is 11.6 Å². The first kappa shape index (κ1) is 64.3. The van der Waals surface area contributed by atoms with Gasteiger partial charge < -0.3 is 119 Å². The van der Waals surface area contributed by atoms with E-state index in [1.807, 2.05) is 0 Å². The molecule has 0 aromatic carbocycles. The molecule has 4 saturated carbocycles. The molecule has 0 bridgehead atoms. The molecule has 5 aliphatic carbocycles. The minimum absolute atomic E-state index is 0.131. The second kappa shape index (κ2) is 23.6. The summed E-state index contributed by atoms with van der Waals surface area (Å²) in [7, 11) is 0. The van der Waals surface area contributed by atoms with Crippen molar-refractivity contribution in [2.75, 3.05) is 26.4 Å². The largest absolute Gasteiger partial charge is 0.432 e. The second-order valence-corrected chi connectivity index (χ2v) is 28.3. The summed E-state index contributed by atoms with van der Waals surface area (Å²) in [6, 6.07) is 0. The molecule has 3 unspecified atom stereocenters. The van der Waals surface area contributed by atoms with Crippen molar-refractivity contribution in [3.05, 3.63) is 11.6 Å². The van der Waals surface area contributed by atoms with Gasteiger partial charge in [0.15, 0.2) is 25.2 Å². The van der Waals surface area contributed by atoms with Crippen LogP contribution < -0.4 is 0 Å². The van der Waals surface area contributed by atoms with E-state index in [0.717, 1.165) is 32.1 Å². The van der Waals surface area contributed by atoms with Crippen LogP contribution in [-0.2, 0) is 52.2 Å². The van der Waals surface area contributed by atoms with Crippen LogP contribution in [0.4, 0.5) is 0 Å². The fraction of sp³-hybridized carbons (Fsp3) is 0.948. The van der Waals surface area contributed by atoms with E-state index in [2.05, 4.69) is 54.5 Å². The molecule has 14 N–H and O–H groups in total. The molecule has 10 aliphatic rings. The predicted octanol–water partition coefficient (Wildman–Crippen LogP) is -1.91. The van der Waals surface area contributed by atoms with Crippen molar-refractivity contribution >= 4 is 5.97 Å². The molecule has 0 aromatic heterocycles. The third-order valence-corrected chi connectivity index (χ3v) is 22.7. The quantitative estimate of drug-likeness (QED) is 0.0576. The lowest BCUT2D eigenvalue weighted by Crippen LogP contribution is -2.66. The number of carbonyl (C=O) groups is 1. The monoisotopic (exact) mass is 1190 g/mol. The molecular formula is C58H94O25. The highest BCUT2D eigenvalue weighted by molar-refractivity contribution is 5.79. The first-order chi connectivity index (χ1) is 38.8. The number of carbonyl (C=O) groups excluding carboxylic acids is 1. The van der Waals surface area contributed by atoms with Gasteiger partial charge in [-0.05, 0) is 116 Å². The van der Waals surface area contributed by atoms with Gasteiger partial charge in [-0.1, -0.05) is 60.1 Å². The zero-order valence-corrected chi connectivity index (χ0v) is 48.8. The Balaban J connectivity index is 0.832. The SMILES string of the molecule is C[C@H]1O[C@@H](O[C@H]2[C@H](O[C@H]3CC[C@@]4(C)C(CC[C@]5(C)C4CC=C4[C@@H]6CC(C)(C)CC[C@]6(C(=O)O[C@H]6O[C@@H](COC[C@H]7O[C@@H](O)[C@H](O)[C@@H](O)[C@@H]7O)C(O)[C@@H](O)[C@@H]6O)CC[C@]45C)C3(C)C)OC[C@H](O)[C@@H]2O)[C@H](O)[C@H](O[C@@H]2OC[C@@H](O)[C@H](O)[C@H]2O)[C@H]1O. The summed E-state index contributed by atoms with van der Waals surface area (Å²) in [5.74, 6) is -0.424. The summed E-state index contributed by atoms with van der Waals surface area (Å²) < 4.78 is 59.4. The molecule has 0 amide bonds. The normalized spacial score (nSPS) is 54.2. The molecule has 83 heavy (non-hydrogen) atoms. The molecule has 10 rings (SSSR count). The maximum Gasteiger partial charge on any atom is 0.315 e. The fourth-order valence-corrected chi connectivity index (χ4v) is 17.2. The second-order valence-electron chi connectivity index (χ2n) is 28.3. The summed E-state index contributed by atoms with van der Waals surface area (Å²) in [6.07, 6.45) is -26.6. The van der Waals surface area contributed by atoms with Crippen LogP contribution >= 0.6 is 0 Å². The van der Waals surface area contributed by atoms with Crippen molar-refractivity contribution in [2.45, 2.75) is 267 Å². The van der Waals surface area contributed by atoms with Crippen molar-refractivity contribution < 1.29 is 124 Å². The van der Waals surface area contributed by atoms with Crippen LogP contribution in [0.1, 0.15) is 120 Å². The van der Waals surface area contributed by atoms with E-state index in [1.54, 1.807) is 0 Å². The summed E-state index contributed by atoms with van der Waals surface area (Å²) in [5, 5.41) is 150. The van der Waals surface area contributed by atoms with Gasteiger partial charge in [0, 0.05) is 0 Å². The smallest absolute Gasteiger partial charge is 0.315 e. The van der Waals surface area contributed by atoms with Crippen LogP contribution in [-0.4, -0.2) is 251 Å². The Kier molecular flexibility index (Phi) is 18.3. The van der Waals surface area contributed by atoms with Gasteiger partial charge in [-0.15, -0.1) is 0 Å². The highest BCUT2D eigenvalue weighted by Gasteiger charge is 2.70. The number of hydrogen-bond acceptors (Lipinski definition) is 25. The number of hydrogen-bond donors (Lipinski definition) is 14. The van der Waals surface area contributed by atoms with E-state index in [-0.39, 0.29) is 52.6 Å². The van der Waals surface area contributed by atoms with Crippen molar-refractivity contribution in [3.8, 4) is 0 Å². The number of rotatable bonds is 12. The van der Waals surface area contributed by atoms with E-state index in [4.69, 9.17) is 47.4 Å². The van der Waals surface area contributed by atoms with E-state index in [0.29, 0.717) is 32.1 Å². The summed E-state index contributed by atoms with van der Waals surface area (Å²) >= 11 is 0. The van der Waals surface area contributed by atoms with Crippen LogP contribution in [0.3, 0.4) is 0 Å². The Morgan fingerprint density at radius 1 is 0.554 bits per heavy atom. The minimum atomic E-state index is -1.81. The Hall–Kier alpha value is -1.71. The zero-order chi connectivity index (χ0) is 60.4. The zero-order valence-electron chi connectivity index (χ0n) is 48.8. The summed E-state index contributed by atoms with van der Waals surface area (Å²) in [4.78, 5) is 15.1. The average molecular weight is 1190 g/mol. The van der Waals surface area contributed by atoms with E-state index in [1.165, 1.54) is 12.5 Å². The van der Waals surface area contributed by atoms with Crippen LogP contribution in [0.2, 0.25) is 0 Å². The van der Waals surface area contributed by atoms with E-state index < -0.39 is 177 Å². The fourth-order valence-electron chi connectivity index (χ4n) is 17.2. The molecule has 25 heteroatoms. The first-order valence-corrected chi connectivity index (χ1v) is 30.0. The van der Waals surface area contributed by atoms with Crippen LogP contribution in [0.25, 0.3) is 0 Å². The Labute approximate surface area is 483 Å². The number of ether oxygens (including phenoxy) is 10. The van der Waals surface area contributed by atoms with Gasteiger partial charge in [0.05, 0.1) is 44.1 Å². The molecule has 5 saturated heterocycles. The van der Waals surface area contributed by atoms with Crippen molar-refractivity contribution in [3.63, 3.8) is 0 Å². The lowest BCUT2D eigenvalue weighted by atomic mass is 9.33. The predicted molar refractivity (Wildman–Crippen MR) is 282 cm³/mol. The highest BCUT2D eigenvalue weighted by Crippen LogP contribution is 2.76. The van der Waals surface area contributed by atoms with E-state index >= 15 is 4.79 Å². The molecule has 5 heterocycles. The number of allylic oxidation sites excluding steroid dienone is 2. The number of fused-ring (bicyclic) bond motifs is 7. The molecule has 0 aromatic rings. The Morgan fingerprint density at radius 2 is 1.16 bits per heavy atom. The Morgan fingerprint density at radius 3 is 1.84 bits per heavy atom. The molecule has 5 aliphatic heterocycles. The molecule has 25 nitrogen and oxygen atoms in total. The van der Waals surface area contributed by atoms with Crippen molar-refractivity contribution in [2.24, 2.45) is 50.2 Å². The van der Waals surface area contributed by atoms with Crippen molar-refractivity contribution in [1.82, 2.24) is 0 Å². The Bertz CT molecular complexity index is 2310. The van der Waals surface area contributed by atoms with Gasteiger partial charge in [0.25, 0.3) is 0 Å². The molecule has 31 atom stereocenters. The van der Waals surface area contributed by atoms with Gasteiger partial charge >= 0.3 is 5.97 Å². The van der Waals surface area contributed by atoms with Crippen molar-refractivity contribution in [1.29, 1.82) is 0 Å². The number of aliphatic hydroxyl groups excluding tert-OH is 14. The number of aliphatic hydroxyl groups is 14. The topological polar surface area (TPSA) is 393 Å². The van der Waals surface area contributed by atoms with Gasteiger partial charge in [-0.25, -0.2) is 0 Å². The molecule has 476 valence electrons. The molecular weight excluding hydrogens is 1100 g/mol. The summed E-state index contributed by atoms with van der Waals surface area (Å²) in [6.45, 7) is 16.0. The summed E-state index contributed by atoms with van der Waals surface area (Å²) in [5.41, 5.74) is -1.10. The molecule has 0 spiro atoms. The van der Waals surface area contributed by atoms with Crippen LogP contribution in [0, 0.1) is 50.2 Å². The van der Waals surface area contributed by atoms with Gasteiger partial charge in [0.2, 0.25) is 6.29 Å². The van der Waals surface area contributed by atoms with Gasteiger partial charge in [-0.2, -0.15) is 0 Å². The number of esters is 1. The van der Waals surface area contributed by atoms with Crippen LogP contribution in [0.5, 0.6) is 0 Å². The molecule has 9 fully saturated rings. The third-order valence-electron chi connectivity index (χ3n) is 22.7. The minimum Gasteiger partial charge on any atom is -0.432 e. The van der Waals surface area contributed by atoms with Gasteiger partial charge in [0.1, 0.15) is 104 Å². The maximum atomic E-state index is 15.1. The standard InChI is InChI=1S/C58H94O25/c1-24-34(61)45(81-48-42(69)35(62)27(59)20-75-48)44(71)50(77-24)82-46-36(63)28(60)21-76-51(46)80-33-12-13-55(6)31(54(33,4)5)11-14-57(8)32(55)10-9-25-26-19-53(2,3)15-17-58(26,18-16-56(25,57)7)52(73)83-49-43(70)40(67)38(65)30(79-49)23-74-22-29-37(64)39(66)41(68)47(72)78-29/h9,24,26-51,59-72H,10-23H2,1-8H3/t24-,26+,27-,28+,29-,30+,31?,32?,33+,34+,35+,36+,37-,38?,39+,40-,41-,42-,43+,44-,45-,46-,47-,48+,49-,50+,51+,55+,56-,57-,58+/m1/s1. The van der Waals surface area contributed by atoms with Gasteiger partial charge in [-0.3, -0.25) is 4.79 Å². The maximum absolute atomic E-state index is 15.1. The first-order valence-electron chi connectivity index (χ1n) is 30.0. The van der Waals surface area contributed by atoms with E-state index in [9.17, 15) is 71.5 Å². The highest BCUT2D eigenvalue weighted by atomic mass is 16.8. The molecule has 0 radical (unpaired) electrons. The third kappa shape index (κ3) is 11.0. The lowest BCUT2D eigenvalue weighted by molar-refractivity contribution is -0.378. The average Bonchev–Trinajstić information content (AvgIpc) is 3.38. The lowest BCUT2D eigenvalue weighted by Gasteiger charge is -2.71.